The summed E-state index contributed by atoms with van der Waals surface area (Å²) in [6, 6.07) is 9.05. The van der Waals surface area contributed by atoms with Crippen molar-refractivity contribution in [1.82, 2.24) is 4.90 Å². The standard InChI is InChI=1S/C22H25N3O4S/c1-22(2,3)29-21(27)25-9-7-24(8-10-25)18-12-17(26)20-19(28-18)16(13-30-20)14-5-4-6-15(23)11-14/h4-6,11-13H,7-10,23H2,1-3H3. The Kier molecular flexibility index (Phi) is 5.19. The summed E-state index contributed by atoms with van der Waals surface area (Å²) < 4.78 is 12.2. The van der Waals surface area contributed by atoms with Crippen molar-refractivity contribution in [2.45, 2.75) is 26.4 Å². The first-order chi connectivity index (χ1) is 14.2. The fourth-order valence-corrected chi connectivity index (χ4v) is 4.34. The summed E-state index contributed by atoms with van der Waals surface area (Å²) in [5.41, 5.74) is 8.32. The number of nitrogens with two attached hydrogens (primary N) is 1. The predicted molar refractivity (Wildman–Crippen MR) is 120 cm³/mol. The predicted octanol–water partition coefficient (Wildman–Crippen LogP) is 4.16. The van der Waals surface area contributed by atoms with Gasteiger partial charge in [-0.2, -0.15) is 0 Å². The van der Waals surface area contributed by atoms with Crippen LogP contribution in [-0.2, 0) is 4.74 Å². The van der Waals surface area contributed by atoms with E-state index < -0.39 is 5.60 Å². The molecule has 0 unspecified atom stereocenters. The maximum atomic E-state index is 12.7. The molecule has 3 heterocycles. The Morgan fingerprint density at radius 1 is 1.17 bits per heavy atom. The fourth-order valence-electron chi connectivity index (χ4n) is 3.43. The van der Waals surface area contributed by atoms with E-state index in [4.69, 9.17) is 14.9 Å². The molecule has 1 aliphatic heterocycles. The summed E-state index contributed by atoms with van der Waals surface area (Å²) in [7, 11) is 0. The Hall–Kier alpha value is -3.00. The molecular weight excluding hydrogens is 402 g/mol. The maximum absolute atomic E-state index is 12.7. The van der Waals surface area contributed by atoms with E-state index in [1.165, 1.54) is 17.4 Å². The normalized spacial score (nSPS) is 14.9. The number of benzene rings is 1. The molecule has 0 bridgehead atoms. The van der Waals surface area contributed by atoms with E-state index in [2.05, 4.69) is 0 Å². The van der Waals surface area contributed by atoms with Crippen LogP contribution in [0.1, 0.15) is 20.8 Å². The quantitative estimate of drug-likeness (QED) is 0.618. The number of hydrogen-bond acceptors (Lipinski definition) is 7. The summed E-state index contributed by atoms with van der Waals surface area (Å²) in [5, 5.41) is 1.93. The maximum Gasteiger partial charge on any atom is 0.410 e. The number of nitrogen functional groups attached to an aromatic ring is 1. The second-order valence-corrected chi connectivity index (χ2v) is 9.22. The molecule has 8 heteroatoms. The molecule has 30 heavy (non-hydrogen) atoms. The molecule has 7 nitrogen and oxygen atoms in total. The zero-order valence-electron chi connectivity index (χ0n) is 17.3. The van der Waals surface area contributed by atoms with Crippen LogP contribution in [0.5, 0.6) is 0 Å². The zero-order valence-corrected chi connectivity index (χ0v) is 18.1. The molecule has 1 aliphatic rings. The first kappa shape index (κ1) is 20.3. The molecule has 4 rings (SSSR count). The highest BCUT2D eigenvalue weighted by atomic mass is 32.1. The molecule has 2 N–H and O–H groups in total. The Bertz CT molecular complexity index is 1140. The molecule has 0 atom stereocenters. The molecule has 0 saturated carbocycles. The lowest BCUT2D eigenvalue weighted by molar-refractivity contribution is 0.0239. The molecule has 158 valence electrons. The highest BCUT2D eigenvalue weighted by Gasteiger charge is 2.27. The van der Waals surface area contributed by atoms with Gasteiger partial charge in [-0.3, -0.25) is 4.79 Å². The number of anilines is 2. The third-order valence-corrected chi connectivity index (χ3v) is 5.85. The summed E-state index contributed by atoms with van der Waals surface area (Å²) in [6.07, 6.45) is -0.319. The Morgan fingerprint density at radius 3 is 2.57 bits per heavy atom. The lowest BCUT2D eigenvalue weighted by Crippen LogP contribution is -2.50. The second kappa shape index (κ2) is 7.68. The fraction of sp³-hybridized carbons (Fsp3) is 0.364. The third kappa shape index (κ3) is 4.14. The smallest absolute Gasteiger partial charge is 0.410 e. The molecular formula is C22H25N3O4S. The Labute approximate surface area is 178 Å². The van der Waals surface area contributed by atoms with Gasteiger partial charge in [0.15, 0.2) is 11.5 Å². The first-order valence-electron chi connectivity index (χ1n) is 9.85. The molecule has 1 aromatic carbocycles. The molecule has 1 amide bonds. The van der Waals surface area contributed by atoms with E-state index in [0.717, 1.165) is 11.1 Å². The van der Waals surface area contributed by atoms with E-state index in [1.54, 1.807) is 4.90 Å². The highest BCUT2D eigenvalue weighted by Crippen LogP contribution is 2.35. The number of piperazine rings is 1. The molecule has 3 aromatic rings. The van der Waals surface area contributed by atoms with Crippen LogP contribution in [0, 0.1) is 0 Å². The minimum Gasteiger partial charge on any atom is -0.444 e. The number of thiophene rings is 1. The van der Waals surface area contributed by atoms with Gasteiger partial charge in [0.25, 0.3) is 0 Å². The van der Waals surface area contributed by atoms with Crippen LogP contribution in [0.4, 0.5) is 16.4 Å². The molecule has 1 fully saturated rings. The van der Waals surface area contributed by atoms with Crippen molar-refractivity contribution >= 4 is 39.3 Å². The van der Waals surface area contributed by atoms with Crippen LogP contribution in [0.15, 0.2) is 44.9 Å². The Morgan fingerprint density at radius 2 is 1.90 bits per heavy atom. The number of amides is 1. The van der Waals surface area contributed by atoms with Crippen molar-refractivity contribution in [3.63, 3.8) is 0 Å². The molecule has 0 radical (unpaired) electrons. The minimum absolute atomic E-state index is 0.0685. The summed E-state index contributed by atoms with van der Waals surface area (Å²) in [5.74, 6) is 0.514. The summed E-state index contributed by atoms with van der Waals surface area (Å²) in [6.45, 7) is 7.68. The van der Waals surface area contributed by atoms with Crippen LogP contribution in [-0.4, -0.2) is 42.8 Å². The van der Waals surface area contributed by atoms with Crippen molar-refractivity contribution in [2.75, 3.05) is 36.8 Å². The van der Waals surface area contributed by atoms with Crippen LogP contribution >= 0.6 is 11.3 Å². The van der Waals surface area contributed by atoms with Crippen molar-refractivity contribution in [3.05, 3.63) is 45.9 Å². The van der Waals surface area contributed by atoms with E-state index in [0.29, 0.717) is 48.0 Å². The second-order valence-electron chi connectivity index (χ2n) is 8.34. The monoisotopic (exact) mass is 427 g/mol. The van der Waals surface area contributed by atoms with Crippen molar-refractivity contribution < 1.29 is 13.9 Å². The average molecular weight is 428 g/mol. The lowest BCUT2D eigenvalue weighted by Gasteiger charge is -2.35. The summed E-state index contributed by atoms with van der Waals surface area (Å²) >= 11 is 1.37. The van der Waals surface area contributed by atoms with Crippen molar-refractivity contribution in [3.8, 4) is 11.1 Å². The van der Waals surface area contributed by atoms with Crippen molar-refractivity contribution in [1.29, 1.82) is 0 Å². The van der Waals surface area contributed by atoms with Gasteiger partial charge in [0.2, 0.25) is 5.43 Å². The van der Waals surface area contributed by atoms with Gasteiger partial charge in [0.05, 0.1) is 0 Å². The van der Waals surface area contributed by atoms with E-state index in [-0.39, 0.29) is 11.5 Å². The van der Waals surface area contributed by atoms with Crippen molar-refractivity contribution in [2.24, 2.45) is 0 Å². The van der Waals surface area contributed by atoms with E-state index in [1.807, 2.05) is 55.3 Å². The molecule has 0 aliphatic carbocycles. The SMILES string of the molecule is CC(C)(C)OC(=O)N1CCN(c2cc(=O)c3scc(-c4cccc(N)c4)c3o2)CC1. The van der Waals surface area contributed by atoms with Gasteiger partial charge in [-0.15, -0.1) is 11.3 Å². The van der Waals surface area contributed by atoms with Crippen LogP contribution in [0.2, 0.25) is 0 Å². The number of nitrogens with zero attached hydrogens (tertiary/aromatic N) is 2. The third-order valence-electron chi connectivity index (χ3n) is 4.87. The average Bonchev–Trinajstić information content (AvgIpc) is 3.11. The van der Waals surface area contributed by atoms with Crippen LogP contribution in [0.25, 0.3) is 21.4 Å². The van der Waals surface area contributed by atoms with Gasteiger partial charge in [0, 0.05) is 48.9 Å². The molecule has 0 spiro atoms. The van der Waals surface area contributed by atoms with E-state index >= 15 is 0 Å². The lowest BCUT2D eigenvalue weighted by atomic mass is 10.1. The number of carbonyl (C=O) groups excluding carboxylic acids is 1. The number of hydrogen-bond donors (Lipinski definition) is 1. The van der Waals surface area contributed by atoms with Gasteiger partial charge < -0.3 is 24.7 Å². The zero-order chi connectivity index (χ0) is 21.5. The number of rotatable bonds is 2. The highest BCUT2D eigenvalue weighted by molar-refractivity contribution is 7.17. The van der Waals surface area contributed by atoms with Crippen LogP contribution < -0.4 is 16.1 Å². The molecule has 1 saturated heterocycles. The molecule has 2 aromatic heterocycles. The van der Waals surface area contributed by atoms with Gasteiger partial charge >= 0.3 is 6.09 Å². The largest absolute Gasteiger partial charge is 0.444 e. The van der Waals surface area contributed by atoms with Gasteiger partial charge in [-0.25, -0.2) is 4.79 Å². The van der Waals surface area contributed by atoms with Gasteiger partial charge in [0.1, 0.15) is 10.3 Å². The number of carbonyl (C=O) groups is 1. The van der Waals surface area contributed by atoms with Crippen LogP contribution in [0.3, 0.4) is 0 Å². The number of ether oxygens (including phenoxy) is 1. The summed E-state index contributed by atoms with van der Waals surface area (Å²) in [4.78, 5) is 28.7. The number of fused-ring (bicyclic) bond motifs is 1. The van der Waals surface area contributed by atoms with Gasteiger partial charge in [-0.1, -0.05) is 12.1 Å². The topological polar surface area (TPSA) is 89.0 Å². The minimum atomic E-state index is -0.526. The van der Waals surface area contributed by atoms with E-state index in [9.17, 15) is 9.59 Å². The first-order valence-corrected chi connectivity index (χ1v) is 10.7. The Balaban J connectivity index is 1.58. The van der Waals surface area contributed by atoms with Gasteiger partial charge in [-0.05, 0) is 38.5 Å².